The Bertz CT molecular complexity index is 527. The highest BCUT2D eigenvalue weighted by Crippen LogP contribution is 2.20. The molecule has 1 aliphatic heterocycles. The minimum absolute atomic E-state index is 0.0664. The number of carbonyl (C=O) groups is 1. The van der Waals surface area contributed by atoms with Crippen molar-refractivity contribution in [2.75, 3.05) is 26.3 Å². The first kappa shape index (κ1) is 18.7. The first-order chi connectivity index (χ1) is 11.6. The summed E-state index contributed by atoms with van der Waals surface area (Å²) in [6.45, 7) is 6.61. The highest BCUT2D eigenvalue weighted by molar-refractivity contribution is 5.95. The van der Waals surface area contributed by atoms with Crippen LogP contribution in [0.5, 0.6) is 5.75 Å². The molecule has 1 saturated heterocycles. The summed E-state index contributed by atoms with van der Waals surface area (Å²) in [5.74, 6) is 1.48. The molecule has 1 aromatic rings. The van der Waals surface area contributed by atoms with Gasteiger partial charge in [0, 0.05) is 11.6 Å². The second-order valence-electron chi connectivity index (χ2n) is 6.72. The maximum Gasteiger partial charge on any atom is 0.251 e. The van der Waals surface area contributed by atoms with Gasteiger partial charge in [-0.05, 0) is 82.3 Å². The maximum absolute atomic E-state index is 12.1. The van der Waals surface area contributed by atoms with Crippen molar-refractivity contribution in [3.63, 3.8) is 0 Å². The molecule has 1 fully saturated rings. The lowest BCUT2D eigenvalue weighted by Gasteiger charge is -2.22. The summed E-state index contributed by atoms with van der Waals surface area (Å²) in [6.07, 6.45) is 4.84. The summed E-state index contributed by atoms with van der Waals surface area (Å²) in [5.41, 5.74) is 1.51. The molecule has 3 N–H and O–H groups in total. The number of hydrogen-bond donors (Lipinski definition) is 3. The molecule has 134 valence electrons. The third kappa shape index (κ3) is 5.80. The van der Waals surface area contributed by atoms with Crippen molar-refractivity contribution in [3.8, 4) is 5.75 Å². The Kier molecular flexibility index (Phi) is 7.53. The van der Waals surface area contributed by atoms with Crippen LogP contribution in [0.25, 0.3) is 0 Å². The number of aliphatic hydroxyl groups excluding tert-OH is 1. The van der Waals surface area contributed by atoms with E-state index in [1.807, 2.05) is 19.1 Å². The van der Waals surface area contributed by atoms with E-state index in [-0.39, 0.29) is 18.6 Å². The van der Waals surface area contributed by atoms with E-state index in [4.69, 9.17) is 9.84 Å². The Morgan fingerprint density at radius 2 is 2.17 bits per heavy atom. The van der Waals surface area contributed by atoms with Gasteiger partial charge in [0.1, 0.15) is 5.75 Å². The van der Waals surface area contributed by atoms with Gasteiger partial charge in [-0.25, -0.2) is 0 Å². The van der Waals surface area contributed by atoms with Gasteiger partial charge in [-0.15, -0.1) is 0 Å². The molecule has 0 aliphatic carbocycles. The highest BCUT2D eigenvalue weighted by Gasteiger charge is 2.13. The van der Waals surface area contributed by atoms with Crippen LogP contribution < -0.4 is 15.4 Å². The van der Waals surface area contributed by atoms with Crippen molar-refractivity contribution < 1.29 is 14.6 Å². The van der Waals surface area contributed by atoms with Crippen LogP contribution in [0.2, 0.25) is 0 Å². The fraction of sp³-hybridized carbons (Fsp3) is 0.632. The molecule has 1 aromatic carbocycles. The van der Waals surface area contributed by atoms with E-state index < -0.39 is 0 Å². The molecule has 1 aliphatic rings. The zero-order valence-electron chi connectivity index (χ0n) is 14.8. The molecule has 0 aromatic heterocycles. The zero-order valence-corrected chi connectivity index (χ0v) is 14.8. The summed E-state index contributed by atoms with van der Waals surface area (Å²) >= 11 is 0. The number of rotatable bonds is 8. The molecular formula is C19H30N2O3. The average Bonchev–Trinajstić information content (AvgIpc) is 2.59. The minimum atomic E-state index is -0.247. The third-order valence-corrected chi connectivity index (χ3v) is 4.58. The van der Waals surface area contributed by atoms with Crippen molar-refractivity contribution >= 4 is 5.91 Å². The molecule has 24 heavy (non-hydrogen) atoms. The maximum atomic E-state index is 12.1. The van der Waals surface area contributed by atoms with Crippen LogP contribution in [0.3, 0.4) is 0 Å². The van der Waals surface area contributed by atoms with E-state index in [2.05, 4.69) is 10.6 Å². The summed E-state index contributed by atoms with van der Waals surface area (Å²) in [5, 5.41) is 15.2. The number of aliphatic hydroxyl groups is 1. The van der Waals surface area contributed by atoms with Crippen LogP contribution in [0, 0.1) is 12.8 Å². The van der Waals surface area contributed by atoms with Crippen molar-refractivity contribution in [1.82, 2.24) is 10.6 Å². The van der Waals surface area contributed by atoms with Gasteiger partial charge >= 0.3 is 0 Å². The molecular weight excluding hydrogens is 304 g/mol. The predicted octanol–water partition coefficient (Wildman–Crippen LogP) is 2.26. The molecule has 0 spiro atoms. The van der Waals surface area contributed by atoms with E-state index in [9.17, 15) is 4.79 Å². The number of piperidine rings is 1. The van der Waals surface area contributed by atoms with Gasteiger partial charge < -0.3 is 20.5 Å². The topological polar surface area (TPSA) is 70.6 Å². The van der Waals surface area contributed by atoms with E-state index in [1.54, 1.807) is 13.0 Å². The molecule has 5 heteroatoms. The fourth-order valence-electron chi connectivity index (χ4n) is 3.06. The molecule has 1 amide bonds. The fourth-order valence-corrected chi connectivity index (χ4v) is 3.06. The minimum Gasteiger partial charge on any atom is -0.494 e. The van der Waals surface area contributed by atoms with Gasteiger partial charge in [-0.3, -0.25) is 4.79 Å². The van der Waals surface area contributed by atoms with Gasteiger partial charge in [0.15, 0.2) is 0 Å². The monoisotopic (exact) mass is 334 g/mol. The molecule has 0 bridgehead atoms. The predicted molar refractivity (Wildman–Crippen MR) is 95.5 cm³/mol. The lowest BCUT2D eigenvalue weighted by molar-refractivity contribution is 0.0921. The molecule has 0 radical (unpaired) electrons. The Morgan fingerprint density at radius 1 is 1.42 bits per heavy atom. The second kappa shape index (κ2) is 9.64. The highest BCUT2D eigenvalue weighted by atomic mass is 16.5. The van der Waals surface area contributed by atoms with Crippen LogP contribution in [0.15, 0.2) is 18.2 Å². The van der Waals surface area contributed by atoms with Crippen molar-refractivity contribution in [2.24, 2.45) is 5.92 Å². The third-order valence-electron chi connectivity index (χ3n) is 4.58. The Labute approximate surface area is 144 Å². The van der Waals surface area contributed by atoms with Crippen LogP contribution in [-0.4, -0.2) is 43.4 Å². The largest absolute Gasteiger partial charge is 0.494 e. The first-order valence-electron chi connectivity index (χ1n) is 8.96. The number of carbonyl (C=O) groups excluding carboxylic acids is 1. The second-order valence-corrected chi connectivity index (χ2v) is 6.72. The standard InChI is InChI=1S/C19H30N2O3/c1-14-12-17(5-6-18(14)19(23)21-15(2)13-22)24-11-3-4-16-7-9-20-10-8-16/h5-6,12,15-16,20,22H,3-4,7-11,13H2,1-2H3,(H,21,23). The summed E-state index contributed by atoms with van der Waals surface area (Å²) < 4.78 is 5.83. The normalized spacial score (nSPS) is 16.6. The van der Waals surface area contributed by atoms with Gasteiger partial charge in [0.25, 0.3) is 5.91 Å². The van der Waals surface area contributed by atoms with Gasteiger partial charge in [0.05, 0.1) is 13.2 Å². The summed E-state index contributed by atoms with van der Waals surface area (Å²) in [4.78, 5) is 12.1. The van der Waals surface area contributed by atoms with Crippen molar-refractivity contribution in [2.45, 2.75) is 45.6 Å². The number of benzene rings is 1. The van der Waals surface area contributed by atoms with E-state index in [0.29, 0.717) is 5.56 Å². The first-order valence-corrected chi connectivity index (χ1v) is 8.96. The number of hydrogen-bond acceptors (Lipinski definition) is 4. The van der Waals surface area contributed by atoms with Crippen LogP contribution in [-0.2, 0) is 0 Å². The number of aryl methyl sites for hydroxylation is 1. The van der Waals surface area contributed by atoms with Crippen LogP contribution >= 0.6 is 0 Å². The van der Waals surface area contributed by atoms with E-state index in [0.717, 1.165) is 43.3 Å². The van der Waals surface area contributed by atoms with Crippen molar-refractivity contribution in [3.05, 3.63) is 29.3 Å². The van der Waals surface area contributed by atoms with Crippen molar-refractivity contribution in [1.29, 1.82) is 0 Å². The molecule has 0 saturated carbocycles. The average molecular weight is 334 g/mol. The van der Waals surface area contributed by atoms with E-state index >= 15 is 0 Å². The van der Waals surface area contributed by atoms with Crippen LogP contribution in [0.1, 0.15) is 48.5 Å². The molecule has 5 nitrogen and oxygen atoms in total. The SMILES string of the molecule is Cc1cc(OCCCC2CCNCC2)ccc1C(=O)NC(C)CO. The van der Waals surface area contributed by atoms with Gasteiger partial charge in [0.2, 0.25) is 0 Å². The zero-order chi connectivity index (χ0) is 17.4. The van der Waals surface area contributed by atoms with E-state index in [1.165, 1.54) is 19.3 Å². The van der Waals surface area contributed by atoms with Gasteiger partial charge in [-0.1, -0.05) is 0 Å². The smallest absolute Gasteiger partial charge is 0.251 e. The summed E-state index contributed by atoms with van der Waals surface area (Å²) in [6, 6.07) is 5.29. The van der Waals surface area contributed by atoms with Gasteiger partial charge in [-0.2, -0.15) is 0 Å². The Morgan fingerprint density at radius 3 is 2.83 bits per heavy atom. The quantitative estimate of drug-likeness (QED) is 0.638. The Balaban J connectivity index is 1.77. The molecule has 2 rings (SSSR count). The molecule has 1 heterocycles. The number of ether oxygens (including phenoxy) is 1. The Hall–Kier alpha value is -1.59. The summed E-state index contributed by atoms with van der Waals surface area (Å²) in [7, 11) is 0. The number of amides is 1. The molecule has 1 atom stereocenters. The lowest BCUT2D eigenvalue weighted by atomic mass is 9.93. The lowest BCUT2D eigenvalue weighted by Crippen LogP contribution is -2.35. The van der Waals surface area contributed by atoms with Crippen LogP contribution in [0.4, 0.5) is 0 Å². The molecule has 1 unspecified atom stereocenters. The number of nitrogens with one attached hydrogen (secondary N) is 2.